The first-order valence-corrected chi connectivity index (χ1v) is 9.18. The van der Waals surface area contributed by atoms with Crippen LogP contribution in [0.3, 0.4) is 0 Å². The summed E-state index contributed by atoms with van der Waals surface area (Å²) in [6, 6.07) is 13.7. The fourth-order valence-electron chi connectivity index (χ4n) is 2.98. The lowest BCUT2D eigenvalue weighted by molar-refractivity contribution is -0.127. The highest BCUT2D eigenvalue weighted by atomic mass is 19.1. The molecule has 0 unspecified atom stereocenters. The van der Waals surface area contributed by atoms with Crippen LogP contribution >= 0.6 is 0 Å². The highest BCUT2D eigenvalue weighted by Crippen LogP contribution is 2.15. The van der Waals surface area contributed by atoms with Gasteiger partial charge < -0.3 is 14.8 Å². The summed E-state index contributed by atoms with van der Waals surface area (Å²) in [5.41, 5.74) is 2.29. The van der Waals surface area contributed by atoms with E-state index in [4.69, 9.17) is 9.47 Å². The SMILES string of the molecule is C[C@@H](Oc1ccc(F)cc1)C(=O)NCc1ccccc1CN1CCOCC1. The van der Waals surface area contributed by atoms with Crippen molar-refractivity contribution < 1.29 is 18.7 Å². The van der Waals surface area contributed by atoms with E-state index in [1.807, 2.05) is 18.2 Å². The van der Waals surface area contributed by atoms with Crippen LogP contribution in [0.4, 0.5) is 4.39 Å². The molecule has 144 valence electrons. The zero-order valence-electron chi connectivity index (χ0n) is 15.5. The third-order valence-corrected chi connectivity index (χ3v) is 4.56. The second-order valence-electron chi connectivity index (χ2n) is 6.59. The summed E-state index contributed by atoms with van der Waals surface area (Å²) in [6.07, 6.45) is -0.665. The van der Waals surface area contributed by atoms with Crippen LogP contribution in [0.15, 0.2) is 48.5 Å². The van der Waals surface area contributed by atoms with Gasteiger partial charge in [0.2, 0.25) is 0 Å². The summed E-state index contributed by atoms with van der Waals surface area (Å²) in [7, 11) is 0. The Hall–Kier alpha value is -2.44. The molecular weight excluding hydrogens is 347 g/mol. The lowest BCUT2D eigenvalue weighted by atomic mass is 10.1. The van der Waals surface area contributed by atoms with Crippen molar-refractivity contribution in [2.45, 2.75) is 26.1 Å². The van der Waals surface area contributed by atoms with Gasteiger partial charge in [-0.25, -0.2) is 4.39 Å². The van der Waals surface area contributed by atoms with Crippen molar-refractivity contribution in [3.63, 3.8) is 0 Å². The Kier molecular flexibility index (Phi) is 6.79. The second kappa shape index (κ2) is 9.48. The van der Waals surface area contributed by atoms with E-state index in [9.17, 15) is 9.18 Å². The monoisotopic (exact) mass is 372 g/mol. The summed E-state index contributed by atoms with van der Waals surface area (Å²) in [5, 5.41) is 2.93. The molecule has 6 heteroatoms. The maximum absolute atomic E-state index is 13.0. The Labute approximate surface area is 159 Å². The van der Waals surface area contributed by atoms with Crippen molar-refractivity contribution in [1.82, 2.24) is 10.2 Å². The van der Waals surface area contributed by atoms with Crippen molar-refractivity contribution in [3.05, 3.63) is 65.5 Å². The normalized spacial score (nSPS) is 15.9. The van der Waals surface area contributed by atoms with Crippen LogP contribution in [-0.4, -0.2) is 43.2 Å². The Morgan fingerprint density at radius 3 is 2.52 bits per heavy atom. The molecule has 1 aliphatic rings. The van der Waals surface area contributed by atoms with E-state index >= 15 is 0 Å². The molecule has 2 aromatic carbocycles. The summed E-state index contributed by atoms with van der Waals surface area (Å²) >= 11 is 0. The molecule has 1 aliphatic heterocycles. The number of morpholine rings is 1. The minimum Gasteiger partial charge on any atom is -0.481 e. The third-order valence-electron chi connectivity index (χ3n) is 4.56. The van der Waals surface area contributed by atoms with Gasteiger partial charge in [0.25, 0.3) is 5.91 Å². The molecule has 1 amide bonds. The Morgan fingerprint density at radius 2 is 1.81 bits per heavy atom. The fourth-order valence-corrected chi connectivity index (χ4v) is 2.98. The average molecular weight is 372 g/mol. The molecule has 0 bridgehead atoms. The predicted octanol–water partition coefficient (Wildman–Crippen LogP) is 2.74. The largest absolute Gasteiger partial charge is 0.481 e. The van der Waals surface area contributed by atoms with E-state index in [-0.39, 0.29) is 11.7 Å². The first-order chi connectivity index (χ1) is 13.1. The summed E-state index contributed by atoms with van der Waals surface area (Å²) < 4.78 is 23.9. The molecular formula is C21H25FN2O3. The molecule has 5 nitrogen and oxygen atoms in total. The number of carbonyl (C=O) groups excluding carboxylic acids is 1. The number of nitrogens with one attached hydrogen (secondary N) is 1. The van der Waals surface area contributed by atoms with Gasteiger partial charge in [0.05, 0.1) is 13.2 Å². The average Bonchev–Trinajstić information content (AvgIpc) is 2.69. The minimum atomic E-state index is -0.665. The fraction of sp³-hybridized carbons (Fsp3) is 0.381. The number of hydrogen-bond donors (Lipinski definition) is 1. The lowest BCUT2D eigenvalue weighted by Gasteiger charge is -2.27. The zero-order chi connectivity index (χ0) is 19.1. The van der Waals surface area contributed by atoms with Crippen molar-refractivity contribution in [2.75, 3.05) is 26.3 Å². The van der Waals surface area contributed by atoms with Crippen LogP contribution in [0.2, 0.25) is 0 Å². The van der Waals surface area contributed by atoms with E-state index in [1.165, 1.54) is 29.8 Å². The third kappa shape index (κ3) is 5.77. The van der Waals surface area contributed by atoms with E-state index in [0.717, 1.165) is 38.4 Å². The first-order valence-electron chi connectivity index (χ1n) is 9.18. The zero-order valence-corrected chi connectivity index (χ0v) is 15.5. The van der Waals surface area contributed by atoms with Gasteiger partial charge in [-0.05, 0) is 42.3 Å². The van der Waals surface area contributed by atoms with E-state index in [1.54, 1.807) is 6.92 Å². The van der Waals surface area contributed by atoms with Gasteiger partial charge in [0.1, 0.15) is 11.6 Å². The lowest BCUT2D eigenvalue weighted by Crippen LogP contribution is -2.37. The van der Waals surface area contributed by atoms with Crippen molar-refractivity contribution >= 4 is 5.91 Å². The van der Waals surface area contributed by atoms with Crippen molar-refractivity contribution in [1.29, 1.82) is 0 Å². The number of carbonyl (C=O) groups is 1. The van der Waals surface area contributed by atoms with Gasteiger partial charge in [-0.15, -0.1) is 0 Å². The number of benzene rings is 2. The van der Waals surface area contributed by atoms with Gasteiger partial charge in [-0.2, -0.15) is 0 Å². The van der Waals surface area contributed by atoms with Crippen LogP contribution in [0.1, 0.15) is 18.1 Å². The van der Waals surface area contributed by atoms with Gasteiger partial charge in [0, 0.05) is 26.2 Å². The summed E-state index contributed by atoms with van der Waals surface area (Å²) in [6.45, 7) is 6.33. The Bertz CT molecular complexity index is 745. The molecule has 0 saturated carbocycles. The highest BCUT2D eigenvalue weighted by Gasteiger charge is 2.16. The molecule has 27 heavy (non-hydrogen) atoms. The molecule has 3 rings (SSSR count). The van der Waals surface area contributed by atoms with Gasteiger partial charge in [0.15, 0.2) is 6.10 Å². The topological polar surface area (TPSA) is 50.8 Å². The van der Waals surface area contributed by atoms with Crippen LogP contribution in [0.25, 0.3) is 0 Å². The van der Waals surface area contributed by atoms with E-state index in [0.29, 0.717) is 12.3 Å². The molecule has 0 spiro atoms. The first kappa shape index (κ1) is 19.3. The number of rotatable bonds is 7. The quantitative estimate of drug-likeness (QED) is 0.812. The number of halogens is 1. The predicted molar refractivity (Wildman–Crippen MR) is 101 cm³/mol. The molecule has 0 radical (unpaired) electrons. The number of ether oxygens (including phenoxy) is 2. The second-order valence-corrected chi connectivity index (χ2v) is 6.59. The summed E-state index contributed by atoms with van der Waals surface area (Å²) in [4.78, 5) is 14.7. The number of nitrogens with zero attached hydrogens (tertiary/aromatic N) is 1. The summed E-state index contributed by atoms with van der Waals surface area (Å²) in [5.74, 6) is -0.0800. The van der Waals surface area contributed by atoms with Gasteiger partial charge >= 0.3 is 0 Å². The molecule has 2 aromatic rings. The van der Waals surface area contributed by atoms with Crippen molar-refractivity contribution in [2.24, 2.45) is 0 Å². The van der Waals surface area contributed by atoms with Crippen molar-refractivity contribution in [3.8, 4) is 5.75 Å². The van der Waals surface area contributed by atoms with Crippen LogP contribution < -0.4 is 10.1 Å². The smallest absolute Gasteiger partial charge is 0.261 e. The Balaban J connectivity index is 1.54. The van der Waals surface area contributed by atoms with Crippen LogP contribution in [0, 0.1) is 5.82 Å². The van der Waals surface area contributed by atoms with Crippen LogP contribution in [-0.2, 0) is 22.6 Å². The minimum absolute atomic E-state index is 0.208. The highest BCUT2D eigenvalue weighted by molar-refractivity contribution is 5.80. The maximum Gasteiger partial charge on any atom is 0.261 e. The number of hydrogen-bond acceptors (Lipinski definition) is 4. The molecule has 1 heterocycles. The molecule has 1 atom stereocenters. The molecule has 1 saturated heterocycles. The van der Waals surface area contributed by atoms with E-state index < -0.39 is 6.10 Å². The Morgan fingerprint density at radius 1 is 1.15 bits per heavy atom. The maximum atomic E-state index is 13.0. The molecule has 1 N–H and O–H groups in total. The molecule has 0 aliphatic carbocycles. The molecule has 1 fully saturated rings. The van der Waals surface area contributed by atoms with Crippen LogP contribution in [0.5, 0.6) is 5.75 Å². The van der Waals surface area contributed by atoms with Gasteiger partial charge in [-0.1, -0.05) is 24.3 Å². The molecule has 0 aromatic heterocycles. The standard InChI is InChI=1S/C21H25FN2O3/c1-16(27-20-8-6-19(22)7-9-20)21(25)23-14-17-4-2-3-5-18(17)15-24-10-12-26-13-11-24/h2-9,16H,10-15H2,1H3,(H,23,25)/t16-/m1/s1. The van der Waals surface area contributed by atoms with Gasteiger partial charge in [-0.3, -0.25) is 9.69 Å². The number of amides is 1. The van der Waals surface area contributed by atoms with E-state index in [2.05, 4.69) is 16.3 Å².